The van der Waals surface area contributed by atoms with Gasteiger partial charge in [0.1, 0.15) is 5.69 Å². The molecule has 2 aliphatic rings. The number of rotatable bonds is 2. The lowest BCUT2D eigenvalue weighted by Gasteiger charge is -2.24. The van der Waals surface area contributed by atoms with Gasteiger partial charge in [-0.3, -0.25) is 18.8 Å². The number of hydrogen-bond acceptors (Lipinski definition) is 5. The van der Waals surface area contributed by atoms with Gasteiger partial charge in [0.05, 0.1) is 23.1 Å². The average Bonchev–Trinajstić information content (AvgIpc) is 3.26. The van der Waals surface area contributed by atoms with Gasteiger partial charge in [0.15, 0.2) is 0 Å². The monoisotopic (exact) mass is 361 g/mol. The van der Waals surface area contributed by atoms with Crippen molar-refractivity contribution in [1.29, 1.82) is 0 Å². The second-order valence-corrected chi connectivity index (χ2v) is 8.64. The zero-order valence-corrected chi connectivity index (χ0v) is 14.9. The van der Waals surface area contributed by atoms with Crippen molar-refractivity contribution in [3.05, 3.63) is 42.0 Å². The molecule has 132 valence electrons. The number of nitrogens with zero attached hydrogens (tertiary/aromatic N) is 5. The van der Waals surface area contributed by atoms with Crippen LogP contribution < -0.4 is 4.31 Å². The maximum atomic E-state index is 12.8. The minimum atomic E-state index is -3.39. The molecule has 2 aliphatic heterocycles. The molecule has 0 aromatic carbocycles. The molecule has 4 heterocycles. The summed E-state index contributed by atoms with van der Waals surface area (Å²) in [7, 11) is -1.66. The van der Waals surface area contributed by atoms with E-state index in [4.69, 9.17) is 0 Å². The van der Waals surface area contributed by atoms with Crippen LogP contribution in [0.5, 0.6) is 0 Å². The van der Waals surface area contributed by atoms with Crippen molar-refractivity contribution in [3.63, 3.8) is 0 Å². The van der Waals surface area contributed by atoms with Crippen molar-refractivity contribution in [2.45, 2.75) is 11.8 Å². The maximum Gasteiger partial charge on any atom is 0.272 e. The van der Waals surface area contributed by atoms with E-state index in [0.717, 1.165) is 5.69 Å². The minimum Gasteiger partial charge on any atom is -0.336 e. The Morgan fingerprint density at radius 3 is 2.72 bits per heavy atom. The summed E-state index contributed by atoms with van der Waals surface area (Å²) in [5.41, 5.74) is 1.46. The molecule has 25 heavy (non-hydrogen) atoms. The summed E-state index contributed by atoms with van der Waals surface area (Å²) in [5.74, 6) is -0.0906. The number of aryl methyl sites for hydroxylation is 1. The zero-order valence-electron chi connectivity index (χ0n) is 14.1. The molecule has 0 saturated carbocycles. The lowest BCUT2D eigenvalue weighted by molar-refractivity contribution is 0.0773. The third-order valence-corrected chi connectivity index (χ3v) is 6.21. The summed E-state index contributed by atoms with van der Waals surface area (Å²) in [5, 5.41) is 4.05. The molecule has 9 heteroatoms. The Bertz CT molecular complexity index is 954. The van der Waals surface area contributed by atoms with Gasteiger partial charge < -0.3 is 4.90 Å². The van der Waals surface area contributed by atoms with E-state index in [-0.39, 0.29) is 5.91 Å². The number of anilines is 1. The molecule has 0 aliphatic carbocycles. The highest BCUT2D eigenvalue weighted by Crippen LogP contribution is 2.46. The first-order valence-electron chi connectivity index (χ1n) is 8.02. The summed E-state index contributed by atoms with van der Waals surface area (Å²) >= 11 is 0. The van der Waals surface area contributed by atoms with Gasteiger partial charge in [-0.05, 0) is 24.6 Å². The molecule has 8 nitrogen and oxygen atoms in total. The quantitative estimate of drug-likeness (QED) is 0.772. The standard InChI is InChI=1S/C16H19N5O3S/c1-19-13(5-8-18-19)15(22)20-9-6-16(10-20)11-21(25(2,23)24)12-4-3-7-17-14(12)16/h3-5,7-8H,6,9-11H2,1-2H3. The third-order valence-electron chi connectivity index (χ3n) is 5.09. The second-order valence-electron chi connectivity index (χ2n) is 6.74. The largest absolute Gasteiger partial charge is 0.336 e. The molecular formula is C16H19N5O3S. The van der Waals surface area contributed by atoms with E-state index in [0.29, 0.717) is 37.4 Å². The number of pyridine rings is 1. The number of likely N-dealkylation sites (tertiary alicyclic amines) is 1. The van der Waals surface area contributed by atoms with E-state index in [1.807, 2.05) is 0 Å². The highest BCUT2D eigenvalue weighted by molar-refractivity contribution is 7.92. The van der Waals surface area contributed by atoms with Crippen LogP contribution in [-0.4, -0.2) is 59.9 Å². The lowest BCUT2D eigenvalue weighted by atomic mass is 9.85. The van der Waals surface area contributed by atoms with Gasteiger partial charge in [0.2, 0.25) is 10.0 Å². The van der Waals surface area contributed by atoms with E-state index >= 15 is 0 Å². The number of aromatic nitrogens is 3. The molecule has 1 atom stereocenters. The van der Waals surface area contributed by atoms with Crippen LogP contribution in [0.1, 0.15) is 22.6 Å². The molecule has 1 saturated heterocycles. The van der Waals surface area contributed by atoms with E-state index < -0.39 is 15.4 Å². The van der Waals surface area contributed by atoms with Crippen molar-refractivity contribution >= 4 is 21.6 Å². The second kappa shape index (κ2) is 5.29. The number of carbonyl (C=O) groups excluding carboxylic acids is 1. The van der Waals surface area contributed by atoms with Crippen LogP contribution in [0, 0.1) is 0 Å². The van der Waals surface area contributed by atoms with Crippen molar-refractivity contribution in [2.24, 2.45) is 7.05 Å². The van der Waals surface area contributed by atoms with Crippen LogP contribution in [0.4, 0.5) is 5.69 Å². The van der Waals surface area contributed by atoms with Crippen molar-refractivity contribution in [2.75, 3.05) is 30.2 Å². The lowest BCUT2D eigenvalue weighted by Crippen LogP contribution is -2.40. The molecule has 1 spiro atoms. The first-order chi connectivity index (χ1) is 11.8. The van der Waals surface area contributed by atoms with Gasteiger partial charge in [-0.15, -0.1) is 0 Å². The highest BCUT2D eigenvalue weighted by atomic mass is 32.2. The minimum absolute atomic E-state index is 0.0906. The van der Waals surface area contributed by atoms with Gasteiger partial charge in [0, 0.05) is 39.1 Å². The maximum absolute atomic E-state index is 12.8. The molecule has 0 N–H and O–H groups in total. The molecule has 1 amide bonds. The van der Waals surface area contributed by atoms with Gasteiger partial charge >= 0.3 is 0 Å². The number of fused-ring (bicyclic) bond motifs is 2. The van der Waals surface area contributed by atoms with Crippen LogP contribution in [0.3, 0.4) is 0 Å². The Kier molecular flexibility index (Phi) is 3.40. The summed E-state index contributed by atoms with van der Waals surface area (Å²) in [6.07, 6.45) is 5.16. The molecule has 2 aromatic rings. The Morgan fingerprint density at radius 2 is 2.04 bits per heavy atom. The molecule has 0 radical (unpaired) electrons. The third kappa shape index (κ3) is 2.41. The van der Waals surface area contributed by atoms with Crippen molar-refractivity contribution in [3.8, 4) is 0 Å². The fraction of sp³-hybridized carbons (Fsp3) is 0.438. The predicted molar refractivity (Wildman–Crippen MR) is 91.8 cm³/mol. The van der Waals surface area contributed by atoms with Crippen molar-refractivity contribution in [1.82, 2.24) is 19.7 Å². The van der Waals surface area contributed by atoms with E-state index in [2.05, 4.69) is 10.1 Å². The number of sulfonamides is 1. The highest BCUT2D eigenvalue weighted by Gasteiger charge is 2.51. The molecule has 4 rings (SSSR count). The first kappa shape index (κ1) is 16.1. The smallest absolute Gasteiger partial charge is 0.272 e. The predicted octanol–water partition coefficient (Wildman–Crippen LogP) is 0.379. The SMILES string of the molecule is Cn1nccc1C(=O)N1CCC2(C1)CN(S(C)(=O)=O)c1cccnc12. The topological polar surface area (TPSA) is 88.4 Å². The summed E-state index contributed by atoms with van der Waals surface area (Å²) in [6, 6.07) is 5.21. The van der Waals surface area contributed by atoms with E-state index in [9.17, 15) is 13.2 Å². The van der Waals surface area contributed by atoms with Crippen molar-refractivity contribution < 1.29 is 13.2 Å². The first-order valence-corrected chi connectivity index (χ1v) is 9.87. The van der Waals surface area contributed by atoms with Gasteiger partial charge in [-0.1, -0.05) is 0 Å². The molecule has 1 unspecified atom stereocenters. The van der Waals surface area contributed by atoms with Crippen LogP contribution >= 0.6 is 0 Å². The number of carbonyl (C=O) groups is 1. The normalized spacial score (nSPS) is 22.6. The van der Waals surface area contributed by atoms with Crippen LogP contribution in [0.25, 0.3) is 0 Å². The number of hydrogen-bond donors (Lipinski definition) is 0. The summed E-state index contributed by atoms with van der Waals surface area (Å²) < 4.78 is 27.3. The van der Waals surface area contributed by atoms with Crippen LogP contribution in [-0.2, 0) is 22.5 Å². The summed E-state index contributed by atoms with van der Waals surface area (Å²) in [4.78, 5) is 19.0. The van der Waals surface area contributed by atoms with Gasteiger partial charge in [-0.25, -0.2) is 8.42 Å². The fourth-order valence-corrected chi connectivity index (χ4v) is 4.84. The van der Waals surface area contributed by atoms with Crippen LogP contribution in [0.2, 0.25) is 0 Å². The Labute approximate surface area is 146 Å². The van der Waals surface area contributed by atoms with Crippen LogP contribution in [0.15, 0.2) is 30.6 Å². The summed E-state index contributed by atoms with van der Waals surface area (Å²) in [6.45, 7) is 1.35. The zero-order chi connectivity index (χ0) is 17.8. The van der Waals surface area contributed by atoms with E-state index in [1.165, 1.54) is 10.6 Å². The Morgan fingerprint density at radius 1 is 1.24 bits per heavy atom. The molecule has 1 fully saturated rings. The number of amides is 1. The Balaban J connectivity index is 1.68. The molecule has 2 aromatic heterocycles. The Hall–Kier alpha value is -2.42. The van der Waals surface area contributed by atoms with Gasteiger partial charge in [0.25, 0.3) is 5.91 Å². The fourth-order valence-electron chi connectivity index (χ4n) is 3.85. The van der Waals surface area contributed by atoms with E-state index in [1.54, 1.807) is 47.2 Å². The molecule has 0 bridgehead atoms. The van der Waals surface area contributed by atoms with Gasteiger partial charge in [-0.2, -0.15) is 5.10 Å². The average molecular weight is 361 g/mol. The molecular weight excluding hydrogens is 342 g/mol.